The average Bonchev–Trinajstić information content (AvgIpc) is 2.16. The van der Waals surface area contributed by atoms with Crippen LogP contribution in [0.1, 0.15) is 16.1 Å². The molecule has 0 spiro atoms. The van der Waals surface area contributed by atoms with Crippen molar-refractivity contribution in [2.45, 2.75) is 19.8 Å². The molecule has 0 aromatic heterocycles. The molecule has 0 aliphatic rings. The van der Waals surface area contributed by atoms with E-state index in [2.05, 4.69) is 16.2 Å². The van der Waals surface area contributed by atoms with Crippen LogP contribution in [0.4, 0.5) is 5.69 Å². The Balaban J connectivity index is 2.88. The molecule has 0 aliphatic heterocycles. The van der Waals surface area contributed by atoms with E-state index in [-0.39, 0.29) is 10.6 Å². The third-order valence-corrected chi connectivity index (χ3v) is 9.54. The van der Waals surface area contributed by atoms with Gasteiger partial charge in [0.05, 0.1) is 0 Å². The summed E-state index contributed by atoms with van der Waals surface area (Å²) >= 11 is -1.29. The van der Waals surface area contributed by atoms with Crippen LogP contribution in [0.2, 0.25) is 9.26 Å². The topological polar surface area (TPSA) is 43.1 Å². The van der Waals surface area contributed by atoms with Gasteiger partial charge in [-0.2, -0.15) is 0 Å². The molecule has 0 heterocycles. The van der Waals surface area contributed by atoms with Gasteiger partial charge < -0.3 is 0 Å². The van der Waals surface area contributed by atoms with Gasteiger partial charge in [-0.05, 0) is 0 Å². The minimum atomic E-state index is -1.29. The van der Waals surface area contributed by atoms with Crippen LogP contribution in [0.25, 0.3) is 0 Å². The van der Waals surface area contributed by atoms with E-state index >= 15 is 0 Å². The number of hydrogen-bond acceptors (Lipinski definition) is 2. The second kappa shape index (κ2) is 4.83. The van der Waals surface area contributed by atoms with Crippen LogP contribution in [-0.4, -0.2) is 26.7 Å². The number of non-ortho nitro benzene ring substituents is 1. The van der Waals surface area contributed by atoms with Gasteiger partial charge >= 0.3 is 92.1 Å². The molecular weight excluding hydrogens is 375 g/mol. The van der Waals surface area contributed by atoms with Crippen LogP contribution in [0, 0.1) is 10.1 Å². The summed E-state index contributed by atoms with van der Waals surface area (Å²) in [4.78, 5) is 10.1. The van der Waals surface area contributed by atoms with Crippen LogP contribution >= 0.6 is 0 Å². The van der Waals surface area contributed by atoms with Crippen LogP contribution in [0.3, 0.4) is 0 Å². The Labute approximate surface area is 92.0 Å². The number of nitrogens with zero attached hydrogens (tertiary/aromatic N) is 1. The fraction of sp³-hybridized carbons (Fsp3) is 0.400. The van der Waals surface area contributed by atoms with Crippen molar-refractivity contribution >= 4 is 27.4 Å². The standard InChI is InChI=1S/C8H8NO2.2CH3.Bi/c1-2-7-3-5-8(6-4-7)9(10)11;;;/h2-6H,1H3;2*1H3;. The first-order valence-electron chi connectivity index (χ1n) is 4.43. The average molecular weight is 389 g/mol. The third kappa shape index (κ3) is 2.74. The monoisotopic (exact) mass is 389 g/mol. The summed E-state index contributed by atoms with van der Waals surface area (Å²) < 4.78 is 5.34. The SMILES string of the molecule is C[CH](c1ccc([N+](=O)[O-])cc1)[Bi]([CH3])[CH3]. The molecular formula is C10H14BiNO2. The predicted molar refractivity (Wildman–Crippen MR) is 59.0 cm³/mol. The van der Waals surface area contributed by atoms with Gasteiger partial charge in [-0.25, -0.2) is 0 Å². The first-order chi connectivity index (χ1) is 6.52. The molecule has 1 unspecified atom stereocenters. The van der Waals surface area contributed by atoms with E-state index in [0.29, 0.717) is 3.63 Å². The van der Waals surface area contributed by atoms with E-state index in [9.17, 15) is 10.1 Å². The molecule has 0 bridgehead atoms. The molecule has 4 heteroatoms. The molecule has 0 amide bonds. The fourth-order valence-corrected chi connectivity index (χ4v) is 4.16. The summed E-state index contributed by atoms with van der Waals surface area (Å²) in [7, 11) is 0. The number of nitro groups is 1. The second-order valence-electron chi connectivity index (χ2n) is 3.49. The fourth-order valence-electron chi connectivity index (χ4n) is 1.17. The Morgan fingerprint density at radius 1 is 1.29 bits per heavy atom. The van der Waals surface area contributed by atoms with Gasteiger partial charge in [-0.15, -0.1) is 0 Å². The van der Waals surface area contributed by atoms with Crippen LogP contribution < -0.4 is 0 Å². The molecule has 1 aromatic rings. The van der Waals surface area contributed by atoms with E-state index in [4.69, 9.17) is 0 Å². The van der Waals surface area contributed by atoms with E-state index in [1.807, 2.05) is 12.1 Å². The van der Waals surface area contributed by atoms with Gasteiger partial charge in [0.1, 0.15) is 0 Å². The van der Waals surface area contributed by atoms with Gasteiger partial charge in [0.2, 0.25) is 0 Å². The quantitative estimate of drug-likeness (QED) is 0.453. The molecule has 0 N–H and O–H groups in total. The summed E-state index contributed by atoms with van der Waals surface area (Å²) in [5, 5.41) is 10.4. The molecule has 0 saturated heterocycles. The second-order valence-corrected chi connectivity index (χ2v) is 14.0. The van der Waals surface area contributed by atoms with Gasteiger partial charge in [0.25, 0.3) is 0 Å². The Bertz CT molecular complexity index is 321. The molecule has 1 aromatic carbocycles. The summed E-state index contributed by atoms with van der Waals surface area (Å²) in [5.74, 6) is 0. The Morgan fingerprint density at radius 2 is 1.79 bits per heavy atom. The van der Waals surface area contributed by atoms with Crippen LogP contribution in [-0.2, 0) is 0 Å². The number of nitro benzene ring substituents is 1. The molecule has 76 valence electrons. The van der Waals surface area contributed by atoms with Crippen molar-refractivity contribution < 1.29 is 4.92 Å². The van der Waals surface area contributed by atoms with Crippen molar-refractivity contribution in [2.24, 2.45) is 0 Å². The third-order valence-electron chi connectivity index (χ3n) is 2.36. The summed E-state index contributed by atoms with van der Waals surface area (Å²) in [6.45, 7) is 2.22. The normalized spacial score (nSPS) is 12.9. The zero-order valence-corrected chi connectivity index (χ0v) is 12.1. The van der Waals surface area contributed by atoms with Crippen molar-refractivity contribution in [3.05, 3.63) is 39.9 Å². The van der Waals surface area contributed by atoms with Crippen molar-refractivity contribution in [1.29, 1.82) is 0 Å². The molecule has 3 nitrogen and oxygen atoms in total. The van der Waals surface area contributed by atoms with E-state index in [1.54, 1.807) is 12.1 Å². The number of hydrogen-bond donors (Lipinski definition) is 0. The number of benzene rings is 1. The van der Waals surface area contributed by atoms with Crippen molar-refractivity contribution in [1.82, 2.24) is 0 Å². The molecule has 0 aliphatic carbocycles. The Morgan fingerprint density at radius 3 is 2.14 bits per heavy atom. The van der Waals surface area contributed by atoms with Gasteiger partial charge in [0, 0.05) is 0 Å². The maximum absolute atomic E-state index is 10.4. The van der Waals surface area contributed by atoms with Crippen LogP contribution in [0.15, 0.2) is 24.3 Å². The number of rotatable bonds is 3. The van der Waals surface area contributed by atoms with Crippen molar-refractivity contribution in [2.75, 3.05) is 0 Å². The van der Waals surface area contributed by atoms with Gasteiger partial charge in [-0.3, -0.25) is 0 Å². The summed E-state index contributed by atoms with van der Waals surface area (Å²) in [6, 6.07) is 6.97. The molecule has 0 saturated carbocycles. The van der Waals surface area contributed by atoms with E-state index in [1.165, 1.54) is 5.56 Å². The molecule has 0 fully saturated rings. The minimum absolute atomic E-state index is 0.180. The van der Waals surface area contributed by atoms with E-state index < -0.39 is 21.8 Å². The van der Waals surface area contributed by atoms with Crippen molar-refractivity contribution in [3.8, 4) is 0 Å². The molecule has 14 heavy (non-hydrogen) atoms. The zero-order valence-electron chi connectivity index (χ0n) is 8.60. The van der Waals surface area contributed by atoms with Crippen molar-refractivity contribution in [3.63, 3.8) is 0 Å². The molecule has 1 atom stereocenters. The van der Waals surface area contributed by atoms with Crippen LogP contribution in [0.5, 0.6) is 0 Å². The summed E-state index contributed by atoms with van der Waals surface area (Å²) in [5.41, 5.74) is 1.43. The molecule has 1 rings (SSSR count). The van der Waals surface area contributed by atoms with Gasteiger partial charge in [0.15, 0.2) is 0 Å². The summed E-state index contributed by atoms with van der Waals surface area (Å²) in [6.07, 6.45) is 0. The maximum atomic E-state index is 10.4. The first kappa shape index (κ1) is 11.6. The first-order valence-corrected chi connectivity index (χ1v) is 13.4. The zero-order chi connectivity index (χ0) is 10.7. The molecule has 0 radical (unpaired) electrons. The Hall–Kier alpha value is -0.497. The predicted octanol–water partition coefficient (Wildman–Crippen LogP) is 2.99. The Kier molecular flexibility index (Phi) is 4.00. The van der Waals surface area contributed by atoms with E-state index in [0.717, 1.165) is 0 Å². The van der Waals surface area contributed by atoms with Gasteiger partial charge in [-0.1, -0.05) is 0 Å².